The Balaban J connectivity index is 1.78. The summed E-state index contributed by atoms with van der Waals surface area (Å²) in [6, 6.07) is 8.54. The van der Waals surface area contributed by atoms with Gasteiger partial charge in [0.05, 0.1) is 11.6 Å². The lowest BCUT2D eigenvalue weighted by molar-refractivity contribution is -0.119. The highest BCUT2D eigenvalue weighted by molar-refractivity contribution is 7.99. The second kappa shape index (κ2) is 6.84. The van der Waals surface area contributed by atoms with Gasteiger partial charge in [-0.25, -0.2) is 4.98 Å². The topological polar surface area (TPSA) is 64.0 Å². The number of fused-ring (bicyclic) bond motifs is 1. The van der Waals surface area contributed by atoms with Gasteiger partial charge in [-0.05, 0) is 24.3 Å². The summed E-state index contributed by atoms with van der Waals surface area (Å²) in [4.78, 5) is 29.6. The summed E-state index contributed by atoms with van der Waals surface area (Å²) in [6.45, 7) is 6.43. The first kappa shape index (κ1) is 18.0. The van der Waals surface area contributed by atoms with Crippen LogP contribution in [0, 0.1) is 5.92 Å². The number of anilines is 1. The molecule has 2 heterocycles. The molecule has 5 nitrogen and oxygen atoms in total. The van der Waals surface area contributed by atoms with Crippen molar-refractivity contribution in [3.05, 3.63) is 51.4 Å². The number of halogens is 1. The molecule has 1 aliphatic heterocycles. The van der Waals surface area contributed by atoms with Crippen molar-refractivity contribution >= 4 is 35.0 Å². The van der Waals surface area contributed by atoms with E-state index >= 15 is 0 Å². The Labute approximate surface area is 155 Å². The van der Waals surface area contributed by atoms with Crippen LogP contribution in [0.2, 0.25) is 5.02 Å². The van der Waals surface area contributed by atoms with Crippen LogP contribution >= 0.6 is 23.4 Å². The number of benzene rings is 1. The Bertz CT molecular complexity index is 856. The number of thioether (sulfide) groups is 1. The van der Waals surface area contributed by atoms with Gasteiger partial charge in [-0.3, -0.25) is 14.2 Å². The van der Waals surface area contributed by atoms with Gasteiger partial charge in [0, 0.05) is 34.5 Å². The number of hydrogen-bond donors (Lipinski definition) is 1. The lowest BCUT2D eigenvalue weighted by Gasteiger charge is -2.26. The maximum atomic E-state index is 12.5. The summed E-state index contributed by atoms with van der Waals surface area (Å²) in [6.07, 6.45) is 0. The number of carbonyl (C=O) groups excluding carboxylic acids is 1. The minimum Gasteiger partial charge on any atom is -0.326 e. The van der Waals surface area contributed by atoms with E-state index in [-0.39, 0.29) is 22.8 Å². The molecule has 2 aromatic rings. The first-order valence-corrected chi connectivity index (χ1v) is 9.42. The van der Waals surface area contributed by atoms with E-state index in [0.717, 1.165) is 5.69 Å². The quantitative estimate of drug-likeness (QED) is 0.813. The largest absolute Gasteiger partial charge is 0.326 e. The molecule has 0 bridgehead atoms. The molecule has 0 saturated carbocycles. The monoisotopic (exact) mass is 377 g/mol. The fraction of sp³-hybridized carbons (Fsp3) is 0.389. The van der Waals surface area contributed by atoms with E-state index in [0.29, 0.717) is 28.2 Å². The average molecular weight is 378 g/mol. The average Bonchev–Trinajstić information content (AvgIpc) is 2.55. The number of amides is 1. The van der Waals surface area contributed by atoms with Crippen LogP contribution < -0.4 is 10.9 Å². The van der Waals surface area contributed by atoms with E-state index in [2.05, 4.69) is 10.3 Å². The zero-order valence-electron chi connectivity index (χ0n) is 14.4. The van der Waals surface area contributed by atoms with Crippen molar-refractivity contribution in [1.82, 2.24) is 9.55 Å². The van der Waals surface area contributed by atoms with Crippen LogP contribution in [0.15, 0.2) is 40.3 Å². The molecule has 0 spiro atoms. The SMILES string of the molecule is CC(C)(C)c1cc(=O)n2c(n1)SCC(C(=O)Nc1ccc(Cl)cc1)C2. The van der Waals surface area contributed by atoms with Crippen LogP contribution in [0.1, 0.15) is 26.5 Å². The summed E-state index contributed by atoms with van der Waals surface area (Å²) in [5.74, 6) is 0.208. The van der Waals surface area contributed by atoms with Gasteiger partial charge in [-0.15, -0.1) is 0 Å². The molecule has 3 rings (SSSR count). The molecule has 1 aliphatic rings. The Kier molecular flexibility index (Phi) is 4.93. The van der Waals surface area contributed by atoms with Crippen molar-refractivity contribution in [2.24, 2.45) is 5.92 Å². The van der Waals surface area contributed by atoms with E-state index < -0.39 is 0 Å². The third kappa shape index (κ3) is 4.07. The van der Waals surface area contributed by atoms with Crippen molar-refractivity contribution in [1.29, 1.82) is 0 Å². The number of aromatic nitrogens is 2. The molecule has 1 unspecified atom stereocenters. The van der Waals surface area contributed by atoms with Gasteiger partial charge in [0.1, 0.15) is 0 Å². The summed E-state index contributed by atoms with van der Waals surface area (Å²) in [7, 11) is 0. The number of carbonyl (C=O) groups is 1. The molecular formula is C18H20ClN3O2S. The molecule has 1 atom stereocenters. The first-order chi connectivity index (χ1) is 11.7. The second-order valence-electron chi connectivity index (χ2n) is 7.13. The van der Waals surface area contributed by atoms with Gasteiger partial charge in [0.15, 0.2) is 5.16 Å². The fourth-order valence-corrected chi connectivity index (χ4v) is 3.75. The van der Waals surface area contributed by atoms with Crippen LogP contribution in [-0.2, 0) is 16.8 Å². The summed E-state index contributed by atoms with van der Waals surface area (Å²) < 4.78 is 1.59. The van der Waals surface area contributed by atoms with Gasteiger partial charge >= 0.3 is 0 Å². The van der Waals surface area contributed by atoms with Crippen LogP contribution in [0.4, 0.5) is 5.69 Å². The minimum absolute atomic E-state index is 0.104. The molecule has 1 amide bonds. The standard InChI is InChI=1S/C18H20ClN3O2S/c1-18(2,3)14-8-15(23)22-9-11(10-25-17(22)21-14)16(24)20-13-6-4-12(19)5-7-13/h4-8,11H,9-10H2,1-3H3,(H,20,24). The highest BCUT2D eigenvalue weighted by Crippen LogP contribution is 2.28. The lowest BCUT2D eigenvalue weighted by atomic mass is 9.92. The Morgan fingerprint density at radius 3 is 2.64 bits per heavy atom. The molecule has 0 aliphatic carbocycles. The van der Waals surface area contributed by atoms with Gasteiger partial charge < -0.3 is 5.32 Å². The summed E-state index contributed by atoms with van der Waals surface area (Å²) >= 11 is 7.31. The van der Waals surface area contributed by atoms with Crippen LogP contribution in [0.3, 0.4) is 0 Å². The highest BCUT2D eigenvalue weighted by atomic mass is 35.5. The number of hydrogen-bond acceptors (Lipinski definition) is 4. The van der Waals surface area contributed by atoms with E-state index in [4.69, 9.17) is 11.6 Å². The van der Waals surface area contributed by atoms with Crippen LogP contribution in [0.25, 0.3) is 0 Å². The van der Waals surface area contributed by atoms with Gasteiger partial charge in [-0.1, -0.05) is 44.1 Å². The first-order valence-electron chi connectivity index (χ1n) is 8.05. The molecule has 7 heteroatoms. The van der Waals surface area contributed by atoms with Crippen molar-refractivity contribution in [2.75, 3.05) is 11.1 Å². The molecule has 1 aromatic carbocycles. The zero-order valence-corrected chi connectivity index (χ0v) is 15.9. The maximum Gasteiger partial charge on any atom is 0.254 e. The minimum atomic E-state index is -0.284. The fourth-order valence-electron chi connectivity index (χ4n) is 2.53. The number of rotatable bonds is 2. The molecule has 132 valence electrons. The molecule has 0 radical (unpaired) electrons. The molecule has 0 saturated heterocycles. The zero-order chi connectivity index (χ0) is 18.2. The molecule has 0 fully saturated rings. The van der Waals surface area contributed by atoms with E-state index in [1.54, 1.807) is 34.9 Å². The normalized spacial score (nSPS) is 17.0. The van der Waals surface area contributed by atoms with E-state index in [9.17, 15) is 9.59 Å². The molecule has 25 heavy (non-hydrogen) atoms. The predicted molar refractivity (Wildman–Crippen MR) is 101 cm³/mol. The van der Waals surface area contributed by atoms with Crippen molar-refractivity contribution in [2.45, 2.75) is 37.9 Å². The van der Waals surface area contributed by atoms with Gasteiger partial charge in [0.2, 0.25) is 5.91 Å². The van der Waals surface area contributed by atoms with Crippen molar-refractivity contribution < 1.29 is 4.79 Å². The van der Waals surface area contributed by atoms with Gasteiger partial charge in [0.25, 0.3) is 5.56 Å². The van der Waals surface area contributed by atoms with E-state index in [1.165, 1.54) is 11.8 Å². The Morgan fingerprint density at radius 1 is 1.32 bits per heavy atom. The van der Waals surface area contributed by atoms with Crippen LogP contribution in [-0.4, -0.2) is 21.2 Å². The molecule has 1 N–H and O–H groups in total. The summed E-state index contributed by atoms with van der Waals surface area (Å²) in [5, 5.41) is 4.18. The van der Waals surface area contributed by atoms with Gasteiger partial charge in [-0.2, -0.15) is 0 Å². The predicted octanol–water partition coefficient (Wildman–Crippen LogP) is 3.55. The molecule has 1 aromatic heterocycles. The molecular weight excluding hydrogens is 358 g/mol. The third-order valence-corrected chi connectivity index (χ3v) is 5.43. The summed E-state index contributed by atoms with van der Waals surface area (Å²) in [5.41, 5.74) is 1.18. The number of nitrogens with zero attached hydrogens (tertiary/aromatic N) is 2. The third-order valence-electron chi connectivity index (χ3n) is 4.04. The van der Waals surface area contributed by atoms with Crippen molar-refractivity contribution in [3.8, 4) is 0 Å². The Hall–Kier alpha value is -1.79. The Morgan fingerprint density at radius 2 is 2.00 bits per heavy atom. The second-order valence-corrected chi connectivity index (χ2v) is 8.55. The van der Waals surface area contributed by atoms with Crippen LogP contribution in [0.5, 0.6) is 0 Å². The smallest absolute Gasteiger partial charge is 0.254 e. The highest BCUT2D eigenvalue weighted by Gasteiger charge is 2.28. The lowest BCUT2D eigenvalue weighted by Crippen LogP contribution is -2.37. The van der Waals surface area contributed by atoms with E-state index in [1.807, 2.05) is 20.8 Å². The number of nitrogens with one attached hydrogen (secondary N) is 1. The van der Waals surface area contributed by atoms with Crippen molar-refractivity contribution in [3.63, 3.8) is 0 Å². The maximum absolute atomic E-state index is 12.5.